The highest BCUT2D eigenvalue weighted by Crippen LogP contribution is 2.15. The average molecular weight is 301 g/mol. The van der Waals surface area contributed by atoms with Crippen LogP contribution in [-0.2, 0) is 11.3 Å². The van der Waals surface area contributed by atoms with Gasteiger partial charge >= 0.3 is 0 Å². The van der Waals surface area contributed by atoms with Crippen molar-refractivity contribution in [2.75, 3.05) is 18.4 Å². The van der Waals surface area contributed by atoms with Crippen LogP contribution in [0, 0.1) is 11.8 Å². The van der Waals surface area contributed by atoms with Crippen LogP contribution in [0.1, 0.15) is 33.1 Å². The highest BCUT2D eigenvalue weighted by Gasteiger charge is 2.15. The standard InChI is InChI=1S/C14H24N4O.ClH/c1-11(2)9-18-10-13(8-16-18)17-14(19)4-3-12-5-6-15-7-12;/h8,10-12,15H,3-7,9H2,1-2H3,(H,17,19);1H. The quantitative estimate of drug-likeness (QED) is 0.847. The topological polar surface area (TPSA) is 59.0 Å². The van der Waals surface area contributed by atoms with E-state index < -0.39 is 0 Å². The van der Waals surface area contributed by atoms with E-state index in [-0.39, 0.29) is 18.3 Å². The molecule has 6 heteroatoms. The zero-order valence-corrected chi connectivity index (χ0v) is 13.1. The molecule has 0 bridgehead atoms. The molecule has 2 rings (SSSR count). The van der Waals surface area contributed by atoms with E-state index in [1.807, 2.05) is 10.9 Å². The first-order valence-electron chi connectivity index (χ1n) is 7.16. The minimum absolute atomic E-state index is 0. The Labute approximate surface area is 126 Å². The van der Waals surface area contributed by atoms with Crippen molar-refractivity contribution in [3.05, 3.63) is 12.4 Å². The van der Waals surface area contributed by atoms with Crippen LogP contribution in [0.2, 0.25) is 0 Å². The third-order valence-corrected chi connectivity index (χ3v) is 3.41. The summed E-state index contributed by atoms with van der Waals surface area (Å²) in [6, 6.07) is 0. The number of carbonyl (C=O) groups excluding carboxylic acids is 1. The number of rotatable bonds is 6. The van der Waals surface area contributed by atoms with Crippen molar-refractivity contribution in [2.24, 2.45) is 11.8 Å². The maximum Gasteiger partial charge on any atom is 0.224 e. The van der Waals surface area contributed by atoms with Crippen LogP contribution < -0.4 is 10.6 Å². The fraction of sp³-hybridized carbons (Fsp3) is 0.714. The van der Waals surface area contributed by atoms with Crippen molar-refractivity contribution in [3.8, 4) is 0 Å². The molecule has 0 saturated carbocycles. The first-order chi connectivity index (χ1) is 9.13. The molecule has 1 aromatic rings. The second-order valence-electron chi connectivity index (χ2n) is 5.79. The SMILES string of the molecule is CC(C)Cn1cc(NC(=O)CCC2CCNC2)cn1.Cl. The van der Waals surface area contributed by atoms with Gasteiger partial charge in [-0.2, -0.15) is 5.10 Å². The van der Waals surface area contributed by atoms with Crippen LogP contribution in [0.15, 0.2) is 12.4 Å². The third kappa shape index (κ3) is 5.51. The number of hydrogen-bond acceptors (Lipinski definition) is 3. The second kappa shape index (κ2) is 8.27. The van der Waals surface area contributed by atoms with Gasteiger partial charge in [0.2, 0.25) is 5.91 Å². The molecule has 1 aliphatic rings. The van der Waals surface area contributed by atoms with Gasteiger partial charge in [-0.3, -0.25) is 9.48 Å². The van der Waals surface area contributed by atoms with E-state index in [2.05, 4.69) is 29.6 Å². The van der Waals surface area contributed by atoms with Crippen LogP contribution in [0.5, 0.6) is 0 Å². The summed E-state index contributed by atoms with van der Waals surface area (Å²) in [5, 5.41) is 10.5. The molecule has 5 nitrogen and oxygen atoms in total. The number of carbonyl (C=O) groups is 1. The number of nitrogens with zero attached hydrogens (tertiary/aromatic N) is 2. The van der Waals surface area contributed by atoms with E-state index in [1.165, 1.54) is 6.42 Å². The number of hydrogen-bond donors (Lipinski definition) is 2. The summed E-state index contributed by atoms with van der Waals surface area (Å²) in [4.78, 5) is 11.8. The second-order valence-corrected chi connectivity index (χ2v) is 5.79. The van der Waals surface area contributed by atoms with Gasteiger partial charge in [-0.15, -0.1) is 12.4 Å². The summed E-state index contributed by atoms with van der Waals surface area (Å²) in [5.41, 5.74) is 0.801. The minimum Gasteiger partial charge on any atom is -0.323 e. The van der Waals surface area contributed by atoms with Gasteiger partial charge in [0.1, 0.15) is 0 Å². The molecule has 114 valence electrons. The predicted octanol–water partition coefficient (Wildman–Crippen LogP) is 2.29. The zero-order valence-electron chi connectivity index (χ0n) is 12.3. The summed E-state index contributed by atoms with van der Waals surface area (Å²) in [6.07, 6.45) is 6.38. The van der Waals surface area contributed by atoms with Crippen LogP contribution in [0.25, 0.3) is 0 Å². The van der Waals surface area contributed by atoms with E-state index in [4.69, 9.17) is 0 Å². The number of nitrogens with one attached hydrogen (secondary N) is 2. The van der Waals surface area contributed by atoms with E-state index in [0.29, 0.717) is 18.3 Å². The minimum atomic E-state index is 0. The molecule has 1 atom stereocenters. The maximum absolute atomic E-state index is 11.8. The molecule has 0 spiro atoms. The van der Waals surface area contributed by atoms with E-state index >= 15 is 0 Å². The Morgan fingerprint density at radius 1 is 1.60 bits per heavy atom. The van der Waals surface area contributed by atoms with Gasteiger partial charge in [0.05, 0.1) is 11.9 Å². The molecule has 0 aliphatic carbocycles. The Hall–Kier alpha value is -1.07. The molecule has 2 N–H and O–H groups in total. The summed E-state index contributed by atoms with van der Waals surface area (Å²) in [7, 11) is 0. The highest BCUT2D eigenvalue weighted by molar-refractivity contribution is 5.90. The lowest BCUT2D eigenvalue weighted by molar-refractivity contribution is -0.116. The van der Waals surface area contributed by atoms with Crippen LogP contribution >= 0.6 is 12.4 Å². The Bertz CT molecular complexity index is 413. The summed E-state index contributed by atoms with van der Waals surface area (Å²) >= 11 is 0. The fourth-order valence-corrected chi connectivity index (χ4v) is 2.42. The average Bonchev–Trinajstić information content (AvgIpc) is 2.97. The lowest BCUT2D eigenvalue weighted by Crippen LogP contribution is -2.14. The fourth-order valence-electron chi connectivity index (χ4n) is 2.42. The maximum atomic E-state index is 11.8. The van der Waals surface area contributed by atoms with Crippen molar-refractivity contribution in [3.63, 3.8) is 0 Å². The molecule has 1 aliphatic heterocycles. The molecule has 1 aromatic heterocycles. The molecule has 0 aromatic carbocycles. The smallest absolute Gasteiger partial charge is 0.224 e. The number of aromatic nitrogens is 2. The summed E-state index contributed by atoms with van der Waals surface area (Å²) < 4.78 is 1.88. The molecule has 2 heterocycles. The molecule has 1 saturated heterocycles. The highest BCUT2D eigenvalue weighted by atomic mass is 35.5. The first-order valence-corrected chi connectivity index (χ1v) is 7.16. The van der Waals surface area contributed by atoms with Gasteiger partial charge in [0.15, 0.2) is 0 Å². The van der Waals surface area contributed by atoms with Crippen LogP contribution in [0.4, 0.5) is 5.69 Å². The lowest BCUT2D eigenvalue weighted by Gasteiger charge is -2.07. The Kier molecular flexibility index (Phi) is 7.02. The van der Waals surface area contributed by atoms with Crippen molar-refractivity contribution in [1.82, 2.24) is 15.1 Å². The number of anilines is 1. The zero-order chi connectivity index (χ0) is 13.7. The molecule has 1 unspecified atom stereocenters. The Morgan fingerprint density at radius 3 is 3.05 bits per heavy atom. The van der Waals surface area contributed by atoms with Gasteiger partial charge in [-0.25, -0.2) is 0 Å². The molecule has 20 heavy (non-hydrogen) atoms. The van der Waals surface area contributed by atoms with Crippen molar-refractivity contribution in [2.45, 2.75) is 39.7 Å². The first kappa shape index (κ1) is 17.0. The van der Waals surface area contributed by atoms with Gasteiger partial charge in [-0.1, -0.05) is 13.8 Å². The molecule has 1 fully saturated rings. The predicted molar refractivity (Wildman–Crippen MR) is 83.2 cm³/mol. The number of amides is 1. The van der Waals surface area contributed by atoms with Crippen molar-refractivity contribution in [1.29, 1.82) is 0 Å². The molecular formula is C14H25ClN4O. The molecule has 0 radical (unpaired) electrons. The van der Waals surface area contributed by atoms with Crippen LogP contribution in [-0.4, -0.2) is 28.8 Å². The largest absolute Gasteiger partial charge is 0.323 e. The van der Waals surface area contributed by atoms with E-state index in [0.717, 1.165) is 31.7 Å². The van der Waals surface area contributed by atoms with Crippen molar-refractivity contribution >= 4 is 24.0 Å². The molecular weight excluding hydrogens is 276 g/mol. The van der Waals surface area contributed by atoms with E-state index in [9.17, 15) is 4.79 Å². The lowest BCUT2D eigenvalue weighted by atomic mass is 10.0. The number of halogens is 1. The van der Waals surface area contributed by atoms with Gasteiger partial charge < -0.3 is 10.6 Å². The van der Waals surface area contributed by atoms with Crippen LogP contribution in [0.3, 0.4) is 0 Å². The third-order valence-electron chi connectivity index (χ3n) is 3.41. The van der Waals surface area contributed by atoms with Crippen molar-refractivity contribution < 1.29 is 4.79 Å². The van der Waals surface area contributed by atoms with Gasteiger partial charge in [0, 0.05) is 19.2 Å². The normalized spacial score (nSPS) is 18.1. The Morgan fingerprint density at radius 2 is 2.40 bits per heavy atom. The summed E-state index contributed by atoms with van der Waals surface area (Å²) in [5.74, 6) is 1.31. The monoisotopic (exact) mass is 300 g/mol. The summed E-state index contributed by atoms with van der Waals surface area (Å²) in [6.45, 7) is 7.32. The molecule has 1 amide bonds. The van der Waals surface area contributed by atoms with E-state index in [1.54, 1.807) is 6.20 Å². The van der Waals surface area contributed by atoms with Gasteiger partial charge in [0.25, 0.3) is 0 Å². The van der Waals surface area contributed by atoms with Gasteiger partial charge in [-0.05, 0) is 37.8 Å². The Balaban J connectivity index is 0.00000200.